The van der Waals surface area contributed by atoms with Crippen molar-refractivity contribution >= 4 is 38.8 Å². The van der Waals surface area contributed by atoms with E-state index in [2.05, 4.69) is 11.4 Å². The molecule has 1 fully saturated rings. The van der Waals surface area contributed by atoms with Crippen LogP contribution in [0.5, 0.6) is 0 Å². The van der Waals surface area contributed by atoms with Crippen LogP contribution in [0.25, 0.3) is 0 Å². The zero-order chi connectivity index (χ0) is 31.7. The second kappa shape index (κ2) is 12.6. The highest BCUT2D eigenvalue weighted by atomic mass is 35.5. The first-order valence-corrected chi connectivity index (χ1v) is 16.7. The van der Waals surface area contributed by atoms with Crippen LogP contribution in [0.3, 0.4) is 0 Å². The van der Waals surface area contributed by atoms with Crippen molar-refractivity contribution in [1.82, 2.24) is 5.32 Å². The number of nitrogens with zero attached hydrogens (tertiary/aromatic N) is 1. The predicted octanol–water partition coefficient (Wildman–Crippen LogP) is 6.99. The molecule has 4 atom stereocenters. The van der Waals surface area contributed by atoms with Crippen molar-refractivity contribution in [2.24, 2.45) is 5.41 Å². The summed E-state index contributed by atoms with van der Waals surface area (Å²) in [7, 11) is -3.12. The van der Waals surface area contributed by atoms with Crippen molar-refractivity contribution in [1.29, 1.82) is 5.26 Å². The summed E-state index contributed by atoms with van der Waals surface area (Å²) in [5.74, 6) is -2.91. The molecule has 0 spiro atoms. The fourth-order valence-electron chi connectivity index (χ4n) is 6.05. The zero-order valence-electron chi connectivity index (χ0n) is 24.4. The van der Waals surface area contributed by atoms with Crippen molar-refractivity contribution in [2.45, 2.75) is 63.5 Å². The Bertz CT molecular complexity index is 1670. The SMILES string of the molecule is CC(C)(C)C[C@@H]1N[C@@H](C(=O)Cc2ccc(CCS(C)(=O)=O)cc2)[C@H](c2cccc(Cl)c2F)[C@@]1(C#N)c1ccc(Cl)cc1F. The molecule has 1 saturated heterocycles. The summed E-state index contributed by atoms with van der Waals surface area (Å²) in [5, 5.41) is 14.3. The maximum atomic E-state index is 15.8. The summed E-state index contributed by atoms with van der Waals surface area (Å²) in [4.78, 5) is 14.1. The van der Waals surface area contributed by atoms with Crippen molar-refractivity contribution < 1.29 is 22.0 Å². The molecule has 3 aromatic rings. The number of nitrogens with one attached hydrogen (secondary N) is 1. The Morgan fingerprint density at radius 2 is 1.70 bits per heavy atom. The second-order valence-corrected chi connectivity index (χ2v) is 15.6. The van der Waals surface area contributed by atoms with Gasteiger partial charge in [0.25, 0.3) is 0 Å². The molecule has 0 unspecified atom stereocenters. The molecule has 4 rings (SSSR count). The summed E-state index contributed by atoms with van der Waals surface area (Å²) in [6, 6.07) is 16.1. The van der Waals surface area contributed by atoms with E-state index in [-0.39, 0.29) is 44.5 Å². The number of halogens is 4. The molecule has 0 aliphatic carbocycles. The van der Waals surface area contributed by atoms with Gasteiger partial charge in [0, 0.05) is 35.2 Å². The number of hydrogen-bond donors (Lipinski definition) is 1. The Kier molecular flexibility index (Phi) is 9.73. The first-order valence-electron chi connectivity index (χ1n) is 13.9. The number of nitriles is 1. The standard InChI is InChI=1S/C33H34Cl2F2N2O3S/c1-32(2,3)18-28-33(19-38,24-13-12-22(34)17-26(24)36)29(23-6-5-7-25(35)30(23)37)31(39-28)27(40)16-21-10-8-20(9-11-21)14-15-43(4,41)42/h5-13,17,28-29,31,39H,14-16,18H2,1-4H3/t28-,29-,31-,33-/m0/s1. The summed E-state index contributed by atoms with van der Waals surface area (Å²) >= 11 is 12.3. The van der Waals surface area contributed by atoms with Crippen LogP contribution in [0.2, 0.25) is 10.0 Å². The molecule has 0 amide bonds. The predicted molar refractivity (Wildman–Crippen MR) is 166 cm³/mol. The Hall–Kier alpha value is -2.83. The Balaban J connectivity index is 1.83. The van der Waals surface area contributed by atoms with E-state index in [9.17, 15) is 18.5 Å². The minimum atomic E-state index is -3.12. The van der Waals surface area contributed by atoms with E-state index in [0.717, 1.165) is 11.6 Å². The fraction of sp³-hybridized carbons (Fsp3) is 0.394. The van der Waals surface area contributed by atoms with Gasteiger partial charge in [-0.15, -0.1) is 0 Å². The molecule has 43 heavy (non-hydrogen) atoms. The van der Waals surface area contributed by atoms with Crippen LogP contribution < -0.4 is 5.32 Å². The van der Waals surface area contributed by atoms with Crippen LogP contribution >= 0.6 is 23.2 Å². The van der Waals surface area contributed by atoms with Crippen LogP contribution in [0.4, 0.5) is 8.78 Å². The monoisotopic (exact) mass is 646 g/mol. The Morgan fingerprint density at radius 3 is 2.28 bits per heavy atom. The zero-order valence-corrected chi connectivity index (χ0v) is 26.8. The Labute approximate surface area is 262 Å². The minimum Gasteiger partial charge on any atom is -0.302 e. The molecular formula is C33H34Cl2F2N2O3S. The van der Waals surface area contributed by atoms with Crippen LogP contribution in [0.15, 0.2) is 60.7 Å². The van der Waals surface area contributed by atoms with Gasteiger partial charge in [-0.2, -0.15) is 5.26 Å². The van der Waals surface area contributed by atoms with Crippen molar-refractivity contribution in [2.75, 3.05) is 12.0 Å². The normalized spacial score (nSPS) is 22.3. The van der Waals surface area contributed by atoms with Crippen LogP contribution in [-0.4, -0.2) is 38.3 Å². The third kappa shape index (κ3) is 7.29. The molecule has 10 heteroatoms. The fourth-order valence-corrected chi connectivity index (χ4v) is 6.99. The molecule has 1 aliphatic heterocycles. The molecule has 5 nitrogen and oxygen atoms in total. The van der Waals surface area contributed by atoms with Gasteiger partial charge in [0.05, 0.1) is 22.9 Å². The highest BCUT2D eigenvalue weighted by Gasteiger charge is 2.60. The van der Waals surface area contributed by atoms with Gasteiger partial charge < -0.3 is 5.32 Å². The number of sulfone groups is 1. The van der Waals surface area contributed by atoms with Crippen LogP contribution in [-0.2, 0) is 32.9 Å². The molecular weight excluding hydrogens is 613 g/mol. The van der Waals surface area contributed by atoms with E-state index in [0.29, 0.717) is 18.4 Å². The molecule has 3 aromatic carbocycles. The van der Waals surface area contributed by atoms with E-state index in [1.165, 1.54) is 30.5 Å². The molecule has 0 aromatic heterocycles. The highest BCUT2D eigenvalue weighted by molar-refractivity contribution is 7.90. The van der Waals surface area contributed by atoms with Gasteiger partial charge in [-0.1, -0.05) is 86.4 Å². The lowest BCUT2D eigenvalue weighted by Crippen LogP contribution is -2.44. The largest absolute Gasteiger partial charge is 0.302 e. The molecule has 1 heterocycles. The Morgan fingerprint density at radius 1 is 1.05 bits per heavy atom. The molecule has 0 bridgehead atoms. The van der Waals surface area contributed by atoms with Crippen molar-refractivity contribution in [3.05, 3.63) is 105 Å². The number of hydrogen-bond acceptors (Lipinski definition) is 5. The topological polar surface area (TPSA) is 87.0 Å². The summed E-state index contributed by atoms with van der Waals surface area (Å²) in [6.07, 6.45) is 1.85. The molecule has 228 valence electrons. The highest BCUT2D eigenvalue weighted by Crippen LogP contribution is 2.53. The van der Waals surface area contributed by atoms with E-state index >= 15 is 8.78 Å². The maximum Gasteiger partial charge on any atom is 0.154 e. The average Bonchev–Trinajstić information content (AvgIpc) is 3.22. The van der Waals surface area contributed by atoms with E-state index in [1.54, 1.807) is 30.3 Å². The number of carbonyl (C=O) groups is 1. The molecule has 1 aliphatic rings. The number of ketones is 1. The maximum absolute atomic E-state index is 15.8. The van der Waals surface area contributed by atoms with Crippen molar-refractivity contribution in [3.8, 4) is 6.07 Å². The molecule has 0 radical (unpaired) electrons. The second-order valence-electron chi connectivity index (χ2n) is 12.5. The van der Waals surface area contributed by atoms with Gasteiger partial charge in [-0.25, -0.2) is 17.2 Å². The van der Waals surface area contributed by atoms with Gasteiger partial charge in [0.15, 0.2) is 5.78 Å². The third-order valence-corrected chi connectivity index (χ3v) is 9.43. The van der Waals surface area contributed by atoms with Gasteiger partial charge >= 0.3 is 0 Å². The molecule has 0 saturated carbocycles. The number of benzene rings is 3. The van der Waals surface area contributed by atoms with Gasteiger partial charge in [-0.3, -0.25) is 4.79 Å². The lowest BCUT2D eigenvalue weighted by molar-refractivity contribution is -0.120. The van der Waals surface area contributed by atoms with E-state index in [4.69, 9.17) is 23.2 Å². The summed E-state index contributed by atoms with van der Waals surface area (Å²) in [5.41, 5.74) is -0.493. The minimum absolute atomic E-state index is 0.0107. The summed E-state index contributed by atoms with van der Waals surface area (Å²) < 4.78 is 54.7. The lowest BCUT2D eigenvalue weighted by atomic mass is 9.62. The van der Waals surface area contributed by atoms with Crippen molar-refractivity contribution in [3.63, 3.8) is 0 Å². The van der Waals surface area contributed by atoms with Gasteiger partial charge in [0.2, 0.25) is 0 Å². The number of aryl methyl sites for hydroxylation is 1. The summed E-state index contributed by atoms with van der Waals surface area (Å²) in [6.45, 7) is 5.93. The van der Waals surface area contributed by atoms with E-state index in [1.807, 2.05) is 20.8 Å². The van der Waals surface area contributed by atoms with Crippen LogP contribution in [0, 0.1) is 28.4 Å². The average molecular weight is 648 g/mol. The third-order valence-electron chi connectivity index (χ3n) is 7.96. The van der Waals surface area contributed by atoms with Crippen LogP contribution in [0.1, 0.15) is 55.4 Å². The number of rotatable bonds is 9. The quantitative estimate of drug-likeness (QED) is 0.271. The van der Waals surface area contributed by atoms with Gasteiger partial charge in [0.1, 0.15) is 26.9 Å². The first kappa shape index (κ1) is 33.1. The lowest BCUT2D eigenvalue weighted by Gasteiger charge is -2.37. The first-order chi connectivity index (χ1) is 20.1. The number of carbonyl (C=O) groups excluding carboxylic acids is 1. The number of Topliss-reactive ketones (excluding diaryl/α,β-unsaturated/α-hetero) is 1. The van der Waals surface area contributed by atoms with E-state index < -0.39 is 44.9 Å². The smallest absolute Gasteiger partial charge is 0.154 e. The van der Waals surface area contributed by atoms with Gasteiger partial charge in [-0.05, 0) is 53.1 Å². The molecule has 1 N–H and O–H groups in total.